The van der Waals surface area contributed by atoms with Gasteiger partial charge in [-0.15, -0.1) is 12.4 Å². The van der Waals surface area contributed by atoms with Crippen LogP contribution in [0.25, 0.3) is 0 Å². The molecule has 0 bridgehead atoms. The molecule has 1 aliphatic rings. The minimum Gasteiger partial charge on any atom is -0.315 e. The minimum absolute atomic E-state index is 0. The van der Waals surface area contributed by atoms with Crippen molar-refractivity contribution >= 4 is 28.2 Å². The van der Waals surface area contributed by atoms with Gasteiger partial charge in [0.15, 0.2) is 5.78 Å². The predicted molar refractivity (Wildman–Crippen MR) is 99.8 cm³/mol. The maximum atomic E-state index is 13.0. The molecule has 0 spiro atoms. The smallest absolute Gasteiger partial charge is 0.243 e. The van der Waals surface area contributed by atoms with Gasteiger partial charge in [0.1, 0.15) is 0 Å². The molecule has 1 fully saturated rings. The van der Waals surface area contributed by atoms with Crippen LogP contribution >= 0.6 is 12.4 Å². The van der Waals surface area contributed by atoms with E-state index >= 15 is 0 Å². The summed E-state index contributed by atoms with van der Waals surface area (Å²) in [6.07, 6.45) is 0.758. The van der Waals surface area contributed by atoms with Crippen molar-refractivity contribution in [2.45, 2.75) is 11.3 Å². The number of sulfonamides is 1. The molecule has 1 heterocycles. The molecule has 1 aliphatic heterocycles. The SMILES string of the molecule is Cl.O=C(c1ccccc1)c1ccccc1S(=O)(=O)N1CCCNCC1. The molecule has 7 heteroatoms. The fourth-order valence-corrected chi connectivity index (χ4v) is 4.49. The van der Waals surface area contributed by atoms with Crippen molar-refractivity contribution in [3.8, 4) is 0 Å². The lowest BCUT2D eigenvalue weighted by Gasteiger charge is -2.21. The molecule has 25 heavy (non-hydrogen) atoms. The van der Waals surface area contributed by atoms with Crippen molar-refractivity contribution in [3.05, 3.63) is 65.7 Å². The van der Waals surface area contributed by atoms with E-state index in [9.17, 15) is 13.2 Å². The number of carbonyl (C=O) groups is 1. The zero-order valence-electron chi connectivity index (χ0n) is 13.7. The molecule has 1 N–H and O–H groups in total. The van der Waals surface area contributed by atoms with E-state index in [1.807, 2.05) is 6.07 Å². The summed E-state index contributed by atoms with van der Waals surface area (Å²) in [5, 5.41) is 3.19. The Bertz CT molecular complexity index is 817. The molecular weight excluding hydrogens is 360 g/mol. The second-order valence-corrected chi connectivity index (χ2v) is 7.61. The number of hydrogen-bond donors (Lipinski definition) is 1. The summed E-state index contributed by atoms with van der Waals surface area (Å²) in [6, 6.07) is 15.2. The van der Waals surface area contributed by atoms with Crippen molar-refractivity contribution in [1.82, 2.24) is 9.62 Å². The number of nitrogens with zero attached hydrogens (tertiary/aromatic N) is 1. The van der Waals surface area contributed by atoms with Gasteiger partial charge in [0.05, 0.1) is 4.90 Å². The highest BCUT2D eigenvalue weighted by molar-refractivity contribution is 7.89. The molecule has 0 aliphatic carbocycles. The Morgan fingerprint density at radius 2 is 1.60 bits per heavy atom. The number of ketones is 1. The molecule has 0 saturated carbocycles. The van der Waals surface area contributed by atoms with Gasteiger partial charge in [-0.2, -0.15) is 4.31 Å². The summed E-state index contributed by atoms with van der Waals surface area (Å²) < 4.78 is 27.5. The Morgan fingerprint density at radius 3 is 2.36 bits per heavy atom. The van der Waals surface area contributed by atoms with Crippen LogP contribution in [0.15, 0.2) is 59.5 Å². The van der Waals surface area contributed by atoms with Crippen LogP contribution in [0.3, 0.4) is 0 Å². The molecule has 0 amide bonds. The highest BCUT2D eigenvalue weighted by Crippen LogP contribution is 2.23. The second-order valence-electron chi connectivity index (χ2n) is 5.70. The van der Waals surface area contributed by atoms with Crippen LogP contribution in [0.4, 0.5) is 0 Å². The Hall–Kier alpha value is -1.73. The fraction of sp³-hybridized carbons (Fsp3) is 0.278. The van der Waals surface area contributed by atoms with Gasteiger partial charge in [0, 0.05) is 30.8 Å². The molecular formula is C18H21ClN2O3S. The summed E-state index contributed by atoms with van der Waals surface area (Å²) in [7, 11) is -3.70. The van der Waals surface area contributed by atoms with Crippen LogP contribution in [0.2, 0.25) is 0 Å². The Labute approximate surface area is 154 Å². The number of carbonyl (C=O) groups excluding carboxylic acids is 1. The molecule has 0 atom stereocenters. The van der Waals surface area contributed by atoms with Crippen LogP contribution in [-0.4, -0.2) is 44.7 Å². The first-order chi connectivity index (χ1) is 11.6. The molecule has 2 aromatic rings. The van der Waals surface area contributed by atoms with Gasteiger partial charge >= 0.3 is 0 Å². The Morgan fingerprint density at radius 1 is 0.920 bits per heavy atom. The lowest BCUT2D eigenvalue weighted by atomic mass is 10.0. The van der Waals surface area contributed by atoms with Crippen LogP contribution in [0.1, 0.15) is 22.3 Å². The lowest BCUT2D eigenvalue weighted by Crippen LogP contribution is -2.35. The average molecular weight is 381 g/mol. The monoisotopic (exact) mass is 380 g/mol. The van der Waals surface area contributed by atoms with Gasteiger partial charge in [-0.25, -0.2) is 8.42 Å². The molecule has 2 aromatic carbocycles. The maximum absolute atomic E-state index is 13.0. The largest absolute Gasteiger partial charge is 0.315 e. The third-order valence-electron chi connectivity index (χ3n) is 4.08. The highest BCUT2D eigenvalue weighted by atomic mass is 35.5. The molecule has 0 radical (unpaired) electrons. The zero-order chi connectivity index (χ0) is 17.0. The number of halogens is 1. The standard InChI is InChI=1S/C18H20N2O3S.ClH/c21-18(15-7-2-1-3-8-15)16-9-4-5-10-17(16)24(22,23)20-13-6-11-19-12-14-20;/h1-5,7-10,19H,6,11-14H2;1H. The first-order valence-electron chi connectivity index (χ1n) is 8.00. The molecule has 5 nitrogen and oxygen atoms in total. The van der Waals surface area contributed by atoms with Crippen LogP contribution in [0.5, 0.6) is 0 Å². The van der Waals surface area contributed by atoms with E-state index in [0.717, 1.165) is 13.0 Å². The molecule has 1 saturated heterocycles. The summed E-state index contributed by atoms with van der Waals surface area (Å²) in [4.78, 5) is 12.9. The number of rotatable bonds is 4. The highest BCUT2D eigenvalue weighted by Gasteiger charge is 2.29. The van der Waals surface area contributed by atoms with E-state index in [4.69, 9.17) is 0 Å². The van der Waals surface area contributed by atoms with Crippen molar-refractivity contribution in [2.24, 2.45) is 0 Å². The fourth-order valence-electron chi connectivity index (χ4n) is 2.82. The van der Waals surface area contributed by atoms with E-state index in [2.05, 4.69) is 5.32 Å². The van der Waals surface area contributed by atoms with E-state index in [1.165, 1.54) is 10.4 Å². The van der Waals surface area contributed by atoms with E-state index in [0.29, 0.717) is 25.2 Å². The molecule has 0 aromatic heterocycles. The Kier molecular flexibility index (Phi) is 6.72. The van der Waals surface area contributed by atoms with Gasteiger partial charge in [-0.3, -0.25) is 4.79 Å². The summed E-state index contributed by atoms with van der Waals surface area (Å²) in [5.41, 5.74) is 0.707. The first kappa shape index (κ1) is 19.6. The van der Waals surface area contributed by atoms with Gasteiger partial charge in [-0.05, 0) is 25.1 Å². The van der Waals surface area contributed by atoms with Crippen molar-refractivity contribution in [2.75, 3.05) is 26.2 Å². The number of hydrogen-bond acceptors (Lipinski definition) is 4. The molecule has 3 rings (SSSR count). The third kappa shape index (κ3) is 4.27. The van der Waals surface area contributed by atoms with Crippen LogP contribution in [-0.2, 0) is 10.0 Å². The molecule has 134 valence electrons. The van der Waals surface area contributed by atoms with Gasteiger partial charge in [0.25, 0.3) is 0 Å². The second kappa shape index (κ2) is 8.58. The van der Waals surface area contributed by atoms with E-state index in [1.54, 1.807) is 42.5 Å². The first-order valence-corrected chi connectivity index (χ1v) is 9.44. The molecule has 0 unspecified atom stereocenters. The van der Waals surface area contributed by atoms with Gasteiger partial charge in [-0.1, -0.05) is 42.5 Å². The quantitative estimate of drug-likeness (QED) is 0.827. The third-order valence-corrected chi connectivity index (χ3v) is 6.04. The van der Waals surface area contributed by atoms with Gasteiger partial charge in [0.2, 0.25) is 10.0 Å². The summed E-state index contributed by atoms with van der Waals surface area (Å²) >= 11 is 0. The van der Waals surface area contributed by atoms with Gasteiger partial charge < -0.3 is 5.32 Å². The minimum atomic E-state index is -3.70. The Balaban J connectivity index is 0.00000225. The maximum Gasteiger partial charge on any atom is 0.243 e. The normalized spacial score (nSPS) is 15.8. The zero-order valence-corrected chi connectivity index (χ0v) is 15.4. The predicted octanol–water partition coefficient (Wildman–Crippen LogP) is 2.32. The van der Waals surface area contributed by atoms with Crippen LogP contribution in [0, 0.1) is 0 Å². The van der Waals surface area contributed by atoms with Crippen molar-refractivity contribution < 1.29 is 13.2 Å². The van der Waals surface area contributed by atoms with Crippen molar-refractivity contribution in [1.29, 1.82) is 0 Å². The van der Waals surface area contributed by atoms with E-state index in [-0.39, 0.29) is 28.6 Å². The number of nitrogens with one attached hydrogen (secondary N) is 1. The summed E-state index contributed by atoms with van der Waals surface area (Å²) in [6.45, 7) is 2.30. The number of benzene rings is 2. The average Bonchev–Trinajstić information content (AvgIpc) is 2.92. The van der Waals surface area contributed by atoms with Crippen LogP contribution < -0.4 is 5.32 Å². The summed E-state index contributed by atoms with van der Waals surface area (Å²) in [5.74, 6) is -0.275. The van der Waals surface area contributed by atoms with Crippen molar-refractivity contribution in [3.63, 3.8) is 0 Å². The topological polar surface area (TPSA) is 66.5 Å². The lowest BCUT2D eigenvalue weighted by molar-refractivity contribution is 0.103. The van der Waals surface area contributed by atoms with E-state index < -0.39 is 10.0 Å².